The second kappa shape index (κ2) is 3.28. The third-order valence-corrected chi connectivity index (χ3v) is 3.05. The van der Waals surface area contributed by atoms with Gasteiger partial charge < -0.3 is 9.84 Å². The highest BCUT2D eigenvalue weighted by Crippen LogP contribution is 2.47. The molecule has 1 saturated heterocycles. The van der Waals surface area contributed by atoms with E-state index in [9.17, 15) is 19.5 Å². The van der Waals surface area contributed by atoms with Crippen molar-refractivity contribution >= 4 is 17.8 Å². The fourth-order valence-electron chi connectivity index (χ4n) is 2.00. The number of carbonyl (C=O) groups is 3. The number of carbonyl (C=O) groups excluding carboxylic acids is 3. The fraction of sp³-hybridized carbons (Fsp3) is 0.700. The number of aliphatic hydroxyl groups is 1. The number of hydrogen-bond acceptors (Lipinski definition) is 5. The van der Waals surface area contributed by atoms with Crippen LogP contribution in [0.2, 0.25) is 0 Å². The third kappa shape index (κ3) is 1.49. The van der Waals surface area contributed by atoms with Gasteiger partial charge in [0.05, 0.1) is 25.5 Å². The van der Waals surface area contributed by atoms with Gasteiger partial charge in [0.2, 0.25) is 11.8 Å². The van der Waals surface area contributed by atoms with E-state index in [4.69, 9.17) is 0 Å². The number of fused-ring (bicyclic) bond motifs is 1. The van der Waals surface area contributed by atoms with Crippen LogP contribution in [-0.4, -0.2) is 47.0 Å². The monoisotopic (exact) mass is 227 g/mol. The van der Waals surface area contributed by atoms with Crippen LogP contribution in [0.3, 0.4) is 0 Å². The van der Waals surface area contributed by atoms with Crippen molar-refractivity contribution in [3.05, 3.63) is 0 Å². The molecule has 1 heterocycles. The molecule has 0 aromatic carbocycles. The van der Waals surface area contributed by atoms with E-state index in [1.165, 1.54) is 6.92 Å². The number of imide groups is 1. The number of rotatable bonds is 3. The third-order valence-electron chi connectivity index (χ3n) is 3.05. The number of amides is 2. The Morgan fingerprint density at radius 1 is 1.50 bits per heavy atom. The Labute approximate surface area is 92.2 Å². The molecule has 0 spiro atoms. The van der Waals surface area contributed by atoms with Gasteiger partial charge in [-0.05, 0) is 13.3 Å². The Bertz CT molecular complexity index is 355. The zero-order valence-corrected chi connectivity index (χ0v) is 9.10. The normalized spacial score (nSPS) is 31.1. The minimum atomic E-state index is -1.84. The van der Waals surface area contributed by atoms with Gasteiger partial charge in [-0.3, -0.25) is 14.5 Å². The maximum Gasteiger partial charge on any atom is 0.339 e. The molecule has 0 bridgehead atoms. The zero-order valence-electron chi connectivity index (χ0n) is 9.10. The summed E-state index contributed by atoms with van der Waals surface area (Å²) < 4.78 is 4.40. The van der Waals surface area contributed by atoms with Crippen molar-refractivity contribution in [1.29, 1.82) is 0 Å². The largest absolute Gasteiger partial charge is 0.467 e. The summed E-state index contributed by atoms with van der Waals surface area (Å²) in [7, 11) is 1.14. The average Bonchev–Trinajstić information content (AvgIpc) is 2.98. The van der Waals surface area contributed by atoms with Crippen molar-refractivity contribution in [1.82, 2.24) is 4.90 Å². The van der Waals surface area contributed by atoms with Gasteiger partial charge in [0.25, 0.3) is 0 Å². The lowest BCUT2D eigenvalue weighted by Gasteiger charge is -2.26. The number of nitrogens with zero attached hydrogens (tertiary/aromatic N) is 1. The van der Waals surface area contributed by atoms with Crippen molar-refractivity contribution < 1.29 is 24.2 Å². The molecule has 0 aromatic heterocycles. The molecule has 3 atom stereocenters. The van der Waals surface area contributed by atoms with E-state index in [0.29, 0.717) is 6.42 Å². The van der Waals surface area contributed by atoms with Crippen LogP contribution in [0.25, 0.3) is 0 Å². The standard InChI is InChI=1S/C10H13NO5/c1-10(15,9(14)16-2)4-11-7(12)5-3-6(5)8(11)13/h5-6,15H,3-4H2,1-2H3. The summed E-state index contributed by atoms with van der Waals surface area (Å²) in [6.07, 6.45) is 0.606. The number of hydrogen-bond donors (Lipinski definition) is 1. The molecule has 0 aromatic rings. The first-order valence-corrected chi connectivity index (χ1v) is 5.04. The molecule has 6 nitrogen and oxygen atoms in total. The lowest BCUT2D eigenvalue weighted by molar-refractivity contribution is -0.164. The first kappa shape index (κ1) is 11.1. The Hall–Kier alpha value is -1.43. The lowest BCUT2D eigenvalue weighted by atomic mass is 10.1. The average molecular weight is 227 g/mol. The van der Waals surface area contributed by atoms with Gasteiger partial charge in [-0.25, -0.2) is 4.79 Å². The van der Waals surface area contributed by atoms with Crippen molar-refractivity contribution in [3.63, 3.8) is 0 Å². The van der Waals surface area contributed by atoms with Crippen molar-refractivity contribution in [3.8, 4) is 0 Å². The summed E-state index contributed by atoms with van der Waals surface area (Å²) in [4.78, 5) is 35.3. The summed E-state index contributed by atoms with van der Waals surface area (Å²) in [6.45, 7) is 0.897. The van der Waals surface area contributed by atoms with Gasteiger partial charge in [0, 0.05) is 0 Å². The minimum Gasteiger partial charge on any atom is -0.467 e. The van der Waals surface area contributed by atoms with Gasteiger partial charge in [0.1, 0.15) is 0 Å². The van der Waals surface area contributed by atoms with Crippen molar-refractivity contribution in [2.45, 2.75) is 18.9 Å². The topological polar surface area (TPSA) is 83.9 Å². The predicted molar refractivity (Wildman–Crippen MR) is 51.0 cm³/mol. The first-order chi connectivity index (χ1) is 7.38. The number of ether oxygens (including phenoxy) is 1. The van der Waals surface area contributed by atoms with Gasteiger partial charge >= 0.3 is 5.97 Å². The maximum absolute atomic E-state index is 11.6. The van der Waals surface area contributed by atoms with Crippen LogP contribution in [-0.2, 0) is 19.1 Å². The molecule has 0 radical (unpaired) electrons. The molecule has 1 aliphatic heterocycles. The molecule has 16 heavy (non-hydrogen) atoms. The van der Waals surface area contributed by atoms with Crippen LogP contribution < -0.4 is 0 Å². The van der Waals surface area contributed by atoms with E-state index in [2.05, 4.69) is 4.74 Å². The Morgan fingerprint density at radius 3 is 2.44 bits per heavy atom. The molecular weight excluding hydrogens is 214 g/mol. The van der Waals surface area contributed by atoms with E-state index in [0.717, 1.165) is 12.0 Å². The smallest absolute Gasteiger partial charge is 0.339 e. The Morgan fingerprint density at radius 2 is 2.00 bits per heavy atom. The van der Waals surface area contributed by atoms with Crippen LogP contribution in [0.5, 0.6) is 0 Å². The summed E-state index contributed by atoms with van der Waals surface area (Å²) >= 11 is 0. The quantitative estimate of drug-likeness (QED) is 0.489. The van der Waals surface area contributed by atoms with Gasteiger partial charge in [0.15, 0.2) is 5.60 Å². The van der Waals surface area contributed by atoms with E-state index in [1.54, 1.807) is 0 Å². The Kier molecular flexibility index (Phi) is 2.27. The number of likely N-dealkylation sites (tertiary alicyclic amines) is 1. The number of esters is 1. The van der Waals surface area contributed by atoms with E-state index in [-0.39, 0.29) is 30.2 Å². The highest BCUT2D eigenvalue weighted by molar-refractivity contribution is 6.09. The second-order valence-corrected chi connectivity index (χ2v) is 4.48. The van der Waals surface area contributed by atoms with Gasteiger partial charge in [-0.15, -0.1) is 0 Å². The van der Waals surface area contributed by atoms with Crippen LogP contribution >= 0.6 is 0 Å². The fourth-order valence-corrected chi connectivity index (χ4v) is 2.00. The molecule has 6 heteroatoms. The highest BCUT2D eigenvalue weighted by atomic mass is 16.5. The zero-order chi connectivity index (χ0) is 12.1. The molecule has 2 aliphatic rings. The molecule has 3 unspecified atom stereocenters. The van der Waals surface area contributed by atoms with Crippen LogP contribution in [0, 0.1) is 11.8 Å². The maximum atomic E-state index is 11.6. The summed E-state index contributed by atoms with van der Waals surface area (Å²) in [6, 6.07) is 0. The van der Waals surface area contributed by atoms with Gasteiger partial charge in [-0.2, -0.15) is 0 Å². The number of methoxy groups -OCH3 is 1. The van der Waals surface area contributed by atoms with Crippen molar-refractivity contribution in [2.75, 3.05) is 13.7 Å². The number of β-amino-alcohol motifs (C(OH)–C–C–N with tert-alkyl or cyclic N) is 1. The van der Waals surface area contributed by atoms with E-state index < -0.39 is 11.6 Å². The van der Waals surface area contributed by atoms with E-state index >= 15 is 0 Å². The molecule has 88 valence electrons. The second-order valence-electron chi connectivity index (χ2n) is 4.48. The molecular formula is C10H13NO5. The first-order valence-electron chi connectivity index (χ1n) is 5.04. The summed E-state index contributed by atoms with van der Waals surface area (Å²) in [5, 5.41) is 9.76. The molecule has 2 rings (SSSR count). The minimum absolute atomic E-state index is 0.221. The van der Waals surface area contributed by atoms with E-state index in [1.807, 2.05) is 0 Å². The summed E-state index contributed by atoms with van der Waals surface area (Å²) in [5.41, 5.74) is -1.84. The molecule has 1 saturated carbocycles. The SMILES string of the molecule is COC(=O)C(C)(O)CN1C(=O)C2CC2C1=O. The Balaban J connectivity index is 2.08. The predicted octanol–water partition coefficient (Wildman–Crippen LogP) is -1.08. The summed E-state index contributed by atoms with van der Waals surface area (Å²) in [5.74, 6) is -1.88. The van der Waals surface area contributed by atoms with Crippen molar-refractivity contribution in [2.24, 2.45) is 11.8 Å². The molecule has 1 N–H and O–H groups in total. The number of piperidine rings is 1. The molecule has 2 fully saturated rings. The van der Waals surface area contributed by atoms with Crippen LogP contribution in [0.15, 0.2) is 0 Å². The van der Waals surface area contributed by atoms with Gasteiger partial charge in [-0.1, -0.05) is 0 Å². The molecule has 1 aliphatic carbocycles. The highest BCUT2D eigenvalue weighted by Gasteiger charge is 2.60. The lowest BCUT2D eigenvalue weighted by Crippen LogP contribution is -2.50. The molecule has 2 amide bonds. The van der Waals surface area contributed by atoms with Crippen LogP contribution in [0.1, 0.15) is 13.3 Å². The van der Waals surface area contributed by atoms with Crippen LogP contribution in [0.4, 0.5) is 0 Å².